The summed E-state index contributed by atoms with van der Waals surface area (Å²) in [5, 5.41) is 0. The van der Waals surface area contributed by atoms with Crippen molar-refractivity contribution in [1.29, 1.82) is 0 Å². The number of H-pyrrole nitrogens is 1. The summed E-state index contributed by atoms with van der Waals surface area (Å²) in [5.41, 5.74) is 1.11. The highest BCUT2D eigenvalue weighted by atomic mass is 16.2. The second-order valence-electron chi connectivity index (χ2n) is 3.58. The van der Waals surface area contributed by atoms with E-state index in [-0.39, 0.29) is 12.1 Å². The Balaban J connectivity index is 2.42. The number of aromatic nitrogens is 3. The predicted octanol–water partition coefficient (Wildman–Crippen LogP) is 0.288. The van der Waals surface area contributed by atoms with Crippen LogP contribution < -0.4 is 11.2 Å². The maximum atomic E-state index is 11.5. The fourth-order valence-electron chi connectivity index (χ4n) is 1.49. The third-order valence-corrected chi connectivity index (χ3v) is 2.22. The number of hydrogen-bond donors (Lipinski definition) is 1. The Morgan fingerprint density at radius 3 is 2.88 bits per heavy atom. The van der Waals surface area contributed by atoms with E-state index in [2.05, 4.69) is 9.97 Å². The number of pyridine rings is 1. The first-order valence-corrected chi connectivity index (χ1v) is 4.86. The monoisotopic (exact) mass is 217 g/mol. The van der Waals surface area contributed by atoms with Gasteiger partial charge in [-0.1, -0.05) is 6.07 Å². The van der Waals surface area contributed by atoms with Gasteiger partial charge in [0.05, 0.1) is 6.54 Å². The lowest BCUT2D eigenvalue weighted by atomic mass is 10.2. The first-order valence-electron chi connectivity index (χ1n) is 4.86. The van der Waals surface area contributed by atoms with Gasteiger partial charge in [-0.05, 0) is 18.1 Å². The van der Waals surface area contributed by atoms with Gasteiger partial charge in [0, 0.05) is 24.7 Å². The molecule has 0 radical (unpaired) electrons. The second kappa shape index (κ2) is 4.14. The largest absolute Gasteiger partial charge is 0.328 e. The van der Waals surface area contributed by atoms with E-state index in [1.807, 2.05) is 13.0 Å². The summed E-state index contributed by atoms with van der Waals surface area (Å²) in [6, 6.07) is 3.22. The zero-order valence-electron chi connectivity index (χ0n) is 8.80. The van der Waals surface area contributed by atoms with Crippen molar-refractivity contribution >= 4 is 0 Å². The molecule has 2 aromatic heterocycles. The normalized spacial score (nSPS) is 10.3. The van der Waals surface area contributed by atoms with Crippen molar-refractivity contribution in [3.05, 3.63) is 62.7 Å². The van der Waals surface area contributed by atoms with Crippen LogP contribution in [0.1, 0.15) is 11.1 Å². The molecule has 0 aliphatic rings. The molecule has 2 heterocycles. The molecule has 1 N–H and O–H groups in total. The first kappa shape index (κ1) is 10.4. The van der Waals surface area contributed by atoms with E-state index in [1.165, 1.54) is 12.3 Å². The molecule has 0 amide bonds. The van der Waals surface area contributed by atoms with Crippen LogP contribution in [0.15, 0.2) is 40.3 Å². The Bertz CT molecular complexity index is 585. The first-order chi connectivity index (χ1) is 7.66. The lowest BCUT2D eigenvalue weighted by Gasteiger charge is -2.03. The fraction of sp³-hybridized carbons (Fsp3) is 0.182. The number of nitrogens with zero attached hydrogens (tertiary/aromatic N) is 2. The zero-order valence-corrected chi connectivity index (χ0v) is 8.80. The lowest BCUT2D eigenvalue weighted by Crippen LogP contribution is -2.34. The van der Waals surface area contributed by atoms with Crippen LogP contribution in [0, 0.1) is 6.92 Å². The molecule has 0 spiro atoms. The standard InChI is InChI=1S/C11H11N3O2/c1-8-4-9(6-12-5-8)7-14-10(15)2-3-13-11(14)16/h2-6H,7H2,1H3,(H,13,16). The highest BCUT2D eigenvalue weighted by Crippen LogP contribution is 2.01. The molecule has 0 atom stereocenters. The van der Waals surface area contributed by atoms with Crippen molar-refractivity contribution in [3.63, 3.8) is 0 Å². The SMILES string of the molecule is Cc1cncc(Cn2c(=O)cc[nH]c2=O)c1. The van der Waals surface area contributed by atoms with Crippen molar-refractivity contribution in [1.82, 2.24) is 14.5 Å². The van der Waals surface area contributed by atoms with E-state index >= 15 is 0 Å². The van der Waals surface area contributed by atoms with Gasteiger partial charge in [-0.25, -0.2) is 4.79 Å². The minimum absolute atomic E-state index is 0.240. The molecular weight excluding hydrogens is 206 g/mol. The van der Waals surface area contributed by atoms with Crippen molar-refractivity contribution in [2.45, 2.75) is 13.5 Å². The predicted molar refractivity (Wildman–Crippen MR) is 59.4 cm³/mol. The summed E-state index contributed by atoms with van der Waals surface area (Å²) in [4.78, 5) is 29.3. The highest BCUT2D eigenvalue weighted by molar-refractivity contribution is 5.16. The Labute approximate surface area is 91.4 Å². The average molecular weight is 217 g/mol. The molecule has 0 fully saturated rings. The number of aryl methyl sites for hydroxylation is 1. The summed E-state index contributed by atoms with van der Waals surface area (Å²) < 4.78 is 1.14. The van der Waals surface area contributed by atoms with Gasteiger partial charge in [0.2, 0.25) is 0 Å². The van der Waals surface area contributed by atoms with Crippen LogP contribution >= 0.6 is 0 Å². The number of rotatable bonds is 2. The maximum absolute atomic E-state index is 11.5. The minimum atomic E-state index is -0.408. The van der Waals surface area contributed by atoms with Crippen LogP contribution in [0.25, 0.3) is 0 Å². The van der Waals surface area contributed by atoms with Crippen LogP contribution in [-0.4, -0.2) is 14.5 Å². The molecule has 0 aliphatic heterocycles. The Kier molecular flexibility index (Phi) is 2.68. The number of aromatic amines is 1. The molecule has 0 saturated heterocycles. The topological polar surface area (TPSA) is 67.8 Å². The molecule has 2 rings (SSSR count). The molecule has 0 aromatic carbocycles. The van der Waals surface area contributed by atoms with Crippen LogP contribution in [0.5, 0.6) is 0 Å². The van der Waals surface area contributed by atoms with Gasteiger partial charge in [-0.15, -0.1) is 0 Å². The highest BCUT2D eigenvalue weighted by Gasteiger charge is 2.01. The van der Waals surface area contributed by atoms with Gasteiger partial charge < -0.3 is 4.98 Å². The third-order valence-electron chi connectivity index (χ3n) is 2.22. The molecule has 0 bridgehead atoms. The summed E-state index contributed by atoms with van der Waals surface area (Å²) in [6.07, 6.45) is 4.71. The van der Waals surface area contributed by atoms with Gasteiger partial charge in [0.25, 0.3) is 5.56 Å². The van der Waals surface area contributed by atoms with Gasteiger partial charge in [-0.3, -0.25) is 14.3 Å². The summed E-state index contributed by atoms with van der Waals surface area (Å²) >= 11 is 0. The van der Waals surface area contributed by atoms with Crippen LogP contribution in [0.4, 0.5) is 0 Å². The van der Waals surface area contributed by atoms with E-state index in [1.54, 1.807) is 12.4 Å². The fourth-order valence-corrected chi connectivity index (χ4v) is 1.49. The molecule has 0 unspecified atom stereocenters. The van der Waals surface area contributed by atoms with Gasteiger partial charge >= 0.3 is 5.69 Å². The molecule has 82 valence electrons. The van der Waals surface area contributed by atoms with Crippen molar-refractivity contribution in [2.75, 3.05) is 0 Å². The van der Waals surface area contributed by atoms with Crippen LogP contribution in [0.2, 0.25) is 0 Å². The van der Waals surface area contributed by atoms with E-state index in [0.717, 1.165) is 15.7 Å². The minimum Gasteiger partial charge on any atom is -0.314 e. The number of nitrogens with one attached hydrogen (secondary N) is 1. The van der Waals surface area contributed by atoms with Crippen LogP contribution in [0.3, 0.4) is 0 Å². The molecule has 5 heteroatoms. The maximum Gasteiger partial charge on any atom is 0.328 e. The second-order valence-corrected chi connectivity index (χ2v) is 3.58. The average Bonchev–Trinajstić information content (AvgIpc) is 2.24. The Morgan fingerprint density at radius 1 is 1.38 bits per heavy atom. The molecule has 0 saturated carbocycles. The quantitative estimate of drug-likeness (QED) is 0.786. The molecule has 2 aromatic rings. The van der Waals surface area contributed by atoms with Gasteiger partial charge in [0.15, 0.2) is 0 Å². The zero-order chi connectivity index (χ0) is 11.5. The van der Waals surface area contributed by atoms with Crippen LogP contribution in [-0.2, 0) is 6.54 Å². The summed E-state index contributed by atoms with van der Waals surface area (Å²) in [5.74, 6) is 0. The van der Waals surface area contributed by atoms with Crippen molar-refractivity contribution < 1.29 is 0 Å². The van der Waals surface area contributed by atoms with Gasteiger partial charge in [0.1, 0.15) is 0 Å². The molecule has 0 aliphatic carbocycles. The van der Waals surface area contributed by atoms with Crippen molar-refractivity contribution in [2.24, 2.45) is 0 Å². The van der Waals surface area contributed by atoms with Gasteiger partial charge in [-0.2, -0.15) is 0 Å². The molecule has 5 nitrogen and oxygen atoms in total. The summed E-state index contributed by atoms with van der Waals surface area (Å²) in [7, 11) is 0. The van der Waals surface area contributed by atoms with E-state index in [9.17, 15) is 9.59 Å². The molecular formula is C11H11N3O2. The van der Waals surface area contributed by atoms with E-state index in [4.69, 9.17) is 0 Å². The van der Waals surface area contributed by atoms with E-state index in [0.29, 0.717) is 0 Å². The number of hydrogen-bond acceptors (Lipinski definition) is 3. The Hall–Kier alpha value is -2.17. The van der Waals surface area contributed by atoms with E-state index < -0.39 is 5.69 Å². The smallest absolute Gasteiger partial charge is 0.314 e. The van der Waals surface area contributed by atoms with Crippen molar-refractivity contribution in [3.8, 4) is 0 Å². The molecule has 16 heavy (non-hydrogen) atoms. The summed E-state index contributed by atoms with van der Waals surface area (Å²) in [6.45, 7) is 2.15. The lowest BCUT2D eigenvalue weighted by molar-refractivity contribution is 0.696. The third kappa shape index (κ3) is 2.08. The Morgan fingerprint density at radius 2 is 2.19 bits per heavy atom.